The molecule has 2 aromatic carbocycles. The molecule has 8 nitrogen and oxygen atoms in total. The molecule has 200 valence electrons. The van der Waals surface area contributed by atoms with Crippen molar-refractivity contribution in [3.05, 3.63) is 58.9 Å². The Bertz CT molecular complexity index is 1290. The van der Waals surface area contributed by atoms with Crippen molar-refractivity contribution in [2.45, 2.75) is 37.5 Å². The summed E-state index contributed by atoms with van der Waals surface area (Å²) in [4.78, 5) is 20.3. The lowest BCUT2D eigenvalue weighted by molar-refractivity contribution is 0.0594. The van der Waals surface area contributed by atoms with Gasteiger partial charge >= 0.3 is 5.97 Å². The van der Waals surface area contributed by atoms with Crippen LogP contribution in [0.25, 0.3) is 6.08 Å². The van der Waals surface area contributed by atoms with Crippen LogP contribution in [-0.2, 0) is 19.6 Å². The number of halogens is 1. The maximum atomic E-state index is 14.2. The quantitative estimate of drug-likeness (QED) is 0.309. The molecule has 1 saturated carbocycles. The van der Waals surface area contributed by atoms with Crippen molar-refractivity contribution in [2.24, 2.45) is 5.92 Å². The van der Waals surface area contributed by atoms with Crippen LogP contribution in [0.2, 0.25) is 0 Å². The molecule has 2 atom stereocenters. The molecule has 2 aromatic rings. The van der Waals surface area contributed by atoms with E-state index in [4.69, 9.17) is 14.3 Å². The minimum absolute atomic E-state index is 0.0193. The molecule has 10 heteroatoms. The van der Waals surface area contributed by atoms with E-state index in [2.05, 4.69) is 18.7 Å². The zero-order valence-electron chi connectivity index (χ0n) is 21.6. The summed E-state index contributed by atoms with van der Waals surface area (Å²) in [7, 11) is -1.97. The first kappa shape index (κ1) is 27.1. The van der Waals surface area contributed by atoms with Crippen molar-refractivity contribution in [3.8, 4) is 5.75 Å². The highest BCUT2D eigenvalue weighted by Crippen LogP contribution is 2.55. The Hall–Kier alpha value is -2.95. The van der Waals surface area contributed by atoms with Crippen LogP contribution < -0.4 is 9.21 Å². The van der Waals surface area contributed by atoms with Crippen LogP contribution in [0.1, 0.15) is 54.1 Å². The van der Waals surface area contributed by atoms with E-state index in [1.165, 1.54) is 32.4 Å². The smallest absolute Gasteiger partial charge is 0.343 e. The molecule has 37 heavy (non-hydrogen) atoms. The van der Waals surface area contributed by atoms with Gasteiger partial charge in [0.2, 0.25) is 0 Å². The van der Waals surface area contributed by atoms with Gasteiger partial charge < -0.3 is 14.4 Å². The highest BCUT2D eigenvalue weighted by atomic mass is 32.2. The predicted molar refractivity (Wildman–Crippen MR) is 139 cm³/mol. The second kappa shape index (κ2) is 11.2. The molecule has 2 unspecified atom stereocenters. The van der Waals surface area contributed by atoms with E-state index in [-0.39, 0.29) is 27.6 Å². The number of anilines is 1. The Morgan fingerprint density at radius 3 is 2.62 bits per heavy atom. The van der Waals surface area contributed by atoms with Crippen LogP contribution in [0.3, 0.4) is 0 Å². The first-order chi connectivity index (χ1) is 17.8. The second-order valence-corrected chi connectivity index (χ2v) is 10.8. The predicted octanol–water partition coefficient (Wildman–Crippen LogP) is 4.61. The molecule has 0 aromatic heterocycles. The molecule has 1 fully saturated rings. The van der Waals surface area contributed by atoms with Gasteiger partial charge in [0, 0.05) is 12.5 Å². The van der Waals surface area contributed by atoms with E-state index in [0.29, 0.717) is 29.2 Å². The first-order valence-corrected chi connectivity index (χ1v) is 13.9. The highest BCUT2D eigenvalue weighted by molar-refractivity contribution is 7.92. The lowest BCUT2D eigenvalue weighted by Gasteiger charge is -2.27. The molecular weight excluding hydrogens is 499 g/mol. The van der Waals surface area contributed by atoms with Gasteiger partial charge in [0.25, 0.3) is 10.0 Å². The summed E-state index contributed by atoms with van der Waals surface area (Å²) in [5, 5.41) is 0. The number of ether oxygens (including phenoxy) is 2. The van der Waals surface area contributed by atoms with Gasteiger partial charge in [-0.1, -0.05) is 32.1 Å². The number of sulfonamides is 1. The minimum atomic E-state index is -4.39. The van der Waals surface area contributed by atoms with Crippen LogP contribution in [0, 0.1) is 11.7 Å². The lowest BCUT2D eigenvalue weighted by atomic mass is 10.0. The number of rotatable bonds is 11. The van der Waals surface area contributed by atoms with Crippen LogP contribution in [0.15, 0.2) is 41.3 Å². The Labute approximate surface area is 217 Å². The Morgan fingerprint density at radius 1 is 1.19 bits per heavy atom. The third-order valence-electron chi connectivity index (χ3n) is 6.95. The number of esters is 1. The van der Waals surface area contributed by atoms with Gasteiger partial charge in [0.15, 0.2) is 0 Å². The Balaban J connectivity index is 1.74. The molecule has 2 aliphatic rings. The standard InChI is InChI=1S/C27H33FN2O6S/c1-5-29(6-2)14-8-7-9-18-15-20(28)10-13-24(18)37(32,33)30(35-4)23-12-11-21-22-16-19(22)17-36-26(21)25(23)27(31)34-3/h7,9-13,15,19,22H,5-6,8,14,16-17H2,1-4H3/b9-7-. The number of hydrogen-bond acceptors (Lipinski definition) is 7. The Morgan fingerprint density at radius 2 is 1.95 bits per heavy atom. The van der Waals surface area contributed by atoms with E-state index in [1.54, 1.807) is 12.1 Å². The summed E-state index contributed by atoms with van der Waals surface area (Å²) >= 11 is 0. The van der Waals surface area contributed by atoms with Crippen LogP contribution >= 0.6 is 0 Å². The SMILES string of the molecule is CCN(CC)CC/C=C\c1cc(F)ccc1S(=O)(=O)N(OC)c1ccc2c(c1C(=O)OC)OCC1CC21. The molecule has 0 saturated heterocycles. The largest absolute Gasteiger partial charge is 0.492 e. The molecule has 1 heterocycles. The number of methoxy groups -OCH3 is 1. The normalized spacial score (nSPS) is 18.3. The fourth-order valence-corrected chi connectivity index (χ4v) is 6.25. The lowest BCUT2D eigenvalue weighted by Crippen LogP contribution is -2.32. The summed E-state index contributed by atoms with van der Waals surface area (Å²) in [6, 6.07) is 6.74. The average molecular weight is 533 g/mol. The number of carbonyl (C=O) groups excluding carboxylic acids is 1. The maximum absolute atomic E-state index is 14.2. The van der Waals surface area contributed by atoms with Gasteiger partial charge in [-0.3, -0.25) is 4.84 Å². The third kappa shape index (κ3) is 5.37. The molecule has 0 spiro atoms. The topological polar surface area (TPSA) is 85.4 Å². The van der Waals surface area contributed by atoms with E-state index in [0.717, 1.165) is 37.7 Å². The molecule has 1 aliphatic heterocycles. The Kier molecular flexibility index (Phi) is 8.20. The fraction of sp³-hybridized carbons (Fsp3) is 0.444. The average Bonchev–Trinajstić information content (AvgIpc) is 3.68. The van der Waals surface area contributed by atoms with Gasteiger partial charge in [-0.2, -0.15) is 8.42 Å². The first-order valence-electron chi connectivity index (χ1n) is 12.4. The molecule has 4 rings (SSSR count). The highest BCUT2D eigenvalue weighted by Gasteiger charge is 2.46. The maximum Gasteiger partial charge on any atom is 0.343 e. The molecule has 0 N–H and O–H groups in total. The van der Waals surface area contributed by atoms with Gasteiger partial charge in [0.1, 0.15) is 22.8 Å². The van der Waals surface area contributed by atoms with Crippen molar-refractivity contribution in [1.29, 1.82) is 0 Å². The monoisotopic (exact) mass is 532 g/mol. The second-order valence-electron chi connectivity index (χ2n) is 9.10. The summed E-state index contributed by atoms with van der Waals surface area (Å²) < 4.78 is 53.5. The van der Waals surface area contributed by atoms with Gasteiger partial charge in [-0.05, 0) is 67.2 Å². The van der Waals surface area contributed by atoms with Crippen LogP contribution in [0.5, 0.6) is 5.75 Å². The molecule has 0 bridgehead atoms. The number of hydrogen-bond donors (Lipinski definition) is 0. The van der Waals surface area contributed by atoms with Crippen molar-refractivity contribution in [3.63, 3.8) is 0 Å². The van der Waals surface area contributed by atoms with Crippen molar-refractivity contribution >= 4 is 27.8 Å². The third-order valence-corrected chi connectivity index (χ3v) is 8.66. The van der Waals surface area contributed by atoms with Crippen molar-refractivity contribution < 1.29 is 31.9 Å². The van der Waals surface area contributed by atoms with E-state index in [1.807, 2.05) is 6.08 Å². The fourth-order valence-electron chi connectivity index (χ4n) is 4.80. The van der Waals surface area contributed by atoms with Gasteiger partial charge in [-0.15, -0.1) is 4.47 Å². The number of benzene rings is 2. The molecule has 0 amide bonds. The summed E-state index contributed by atoms with van der Waals surface area (Å²) in [6.07, 6.45) is 5.04. The van der Waals surface area contributed by atoms with Crippen LogP contribution in [0.4, 0.5) is 10.1 Å². The molecule has 1 aliphatic carbocycles. The van der Waals surface area contributed by atoms with E-state index in [9.17, 15) is 17.6 Å². The van der Waals surface area contributed by atoms with Gasteiger partial charge in [-0.25, -0.2) is 9.18 Å². The van der Waals surface area contributed by atoms with Crippen molar-refractivity contribution in [2.75, 3.05) is 44.9 Å². The summed E-state index contributed by atoms with van der Waals surface area (Å²) in [5.74, 6) is -0.307. The van der Waals surface area contributed by atoms with E-state index < -0.39 is 21.8 Å². The number of nitrogens with zero attached hydrogens (tertiary/aromatic N) is 2. The number of carbonyl (C=O) groups is 1. The molecular formula is C27H33FN2O6S. The van der Waals surface area contributed by atoms with Gasteiger partial charge in [0.05, 0.1) is 25.7 Å². The molecule has 0 radical (unpaired) electrons. The zero-order chi connectivity index (χ0) is 26.7. The van der Waals surface area contributed by atoms with Crippen molar-refractivity contribution in [1.82, 2.24) is 4.90 Å². The summed E-state index contributed by atoms with van der Waals surface area (Å²) in [5.41, 5.74) is 0.978. The zero-order valence-corrected chi connectivity index (χ0v) is 22.4. The van der Waals surface area contributed by atoms with E-state index >= 15 is 0 Å². The number of fused-ring (bicyclic) bond motifs is 3. The van der Waals surface area contributed by atoms with Crippen LogP contribution in [-0.4, -0.2) is 59.7 Å². The minimum Gasteiger partial charge on any atom is -0.492 e. The summed E-state index contributed by atoms with van der Waals surface area (Å²) in [6.45, 7) is 7.19.